The number of nitrogens with zero attached hydrogens (tertiary/aromatic N) is 1. The fourth-order valence-corrected chi connectivity index (χ4v) is 1.82. The average molecular weight is 196 g/mol. The van der Waals surface area contributed by atoms with Crippen molar-refractivity contribution in [3.05, 3.63) is 12.7 Å². The third kappa shape index (κ3) is 1.95. The fourth-order valence-electron chi connectivity index (χ4n) is 1.82. The molecule has 1 N–H and O–H groups in total. The molecule has 0 aromatic heterocycles. The summed E-state index contributed by atoms with van der Waals surface area (Å²) in [4.78, 5) is 24.4. The molecule has 1 heterocycles. The maximum Gasteiger partial charge on any atom is 0.246 e. The summed E-state index contributed by atoms with van der Waals surface area (Å²) in [5, 5.41) is 2.57. The molecular weight excluding hydrogens is 180 g/mol. The molecule has 1 rings (SSSR count). The Kier molecular flexibility index (Phi) is 3.28. The first-order chi connectivity index (χ1) is 6.60. The molecule has 2 atom stereocenters. The Morgan fingerprint density at radius 3 is 2.71 bits per heavy atom. The van der Waals surface area contributed by atoms with Crippen LogP contribution in [0.25, 0.3) is 0 Å². The van der Waals surface area contributed by atoms with E-state index in [0.717, 1.165) is 6.42 Å². The van der Waals surface area contributed by atoms with Crippen LogP contribution in [-0.2, 0) is 9.59 Å². The second-order valence-corrected chi connectivity index (χ2v) is 3.67. The molecule has 4 nitrogen and oxygen atoms in total. The Labute approximate surface area is 84.0 Å². The summed E-state index contributed by atoms with van der Waals surface area (Å²) in [6.07, 6.45) is 1.99. The van der Waals surface area contributed by atoms with Crippen molar-refractivity contribution in [2.45, 2.75) is 19.4 Å². The zero-order chi connectivity index (χ0) is 10.7. The molecule has 1 saturated heterocycles. The topological polar surface area (TPSA) is 49.4 Å². The van der Waals surface area contributed by atoms with Gasteiger partial charge in [-0.05, 0) is 18.4 Å². The lowest BCUT2D eigenvalue weighted by Gasteiger charge is -2.21. The lowest BCUT2D eigenvalue weighted by molar-refractivity contribution is -0.134. The van der Waals surface area contributed by atoms with Gasteiger partial charge in [-0.25, -0.2) is 0 Å². The van der Waals surface area contributed by atoms with Gasteiger partial charge in [-0.1, -0.05) is 13.5 Å². The van der Waals surface area contributed by atoms with E-state index < -0.39 is 0 Å². The van der Waals surface area contributed by atoms with Gasteiger partial charge in [0, 0.05) is 13.6 Å². The van der Waals surface area contributed by atoms with E-state index in [1.807, 2.05) is 6.92 Å². The van der Waals surface area contributed by atoms with Gasteiger partial charge in [-0.3, -0.25) is 9.59 Å². The van der Waals surface area contributed by atoms with Gasteiger partial charge in [0.1, 0.15) is 6.04 Å². The van der Waals surface area contributed by atoms with E-state index in [2.05, 4.69) is 11.9 Å². The number of amides is 2. The van der Waals surface area contributed by atoms with E-state index in [0.29, 0.717) is 12.5 Å². The largest absolute Gasteiger partial charge is 0.357 e. The number of hydrogen-bond donors (Lipinski definition) is 1. The summed E-state index contributed by atoms with van der Waals surface area (Å²) >= 11 is 0. The Morgan fingerprint density at radius 2 is 2.21 bits per heavy atom. The minimum absolute atomic E-state index is 0.0930. The van der Waals surface area contributed by atoms with Crippen molar-refractivity contribution in [2.24, 2.45) is 5.92 Å². The molecule has 0 bridgehead atoms. The van der Waals surface area contributed by atoms with E-state index in [-0.39, 0.29) is 17.9 Å². The molecule has 4 heteroatoms. The number of carbonyl (C=O) groups is 2. The quantitative estimate of drug-likeness (QED) is 0.639. The Hall–Kier alpha value is -1.32. The van der Waals surface area contributed by atoms with Crippen molar-refractivity contribution >= 4 is 11.8 Å². The number of hydrogen-bond acceptors (Lipinski definition) is 2. The lowest BCUT2D eigenvalue weighted by atomic mass is 10.1. The highest BCUT2D eigenvalue weighted by Crippen LogP contribution is 2.22. The first kappa shape index (κ1) is 10.8. The van der Waals surface area contributed by atoms with Gasteiger partial charge in [0.15, 0.2) is 0 Å². The molecular formula is C10H16N2O2. The molecule has 1 aliphatic rings. The zero-order valence-electron chi connectivity index (χ0n) is 8.62. The highest BCUT2D eigenvalue weighted by Gasteiger charge is 2.36. The van der Waals surface area contributed by atoms with Crippen molar-refractivity contribution in [1.29, 1.82) is 0 Å². The minimum Gasteiger partial charge on any atom is -0.357 e. The predicted molar refractivity (Wildman–Crippen MR) is 53.5 cm³/mol. The van der Waals surface area contributed by atoms with Crippen LogP contribution in [0.2, 0.25) is 0 Å². The van der Waals surface area contributed by atoms with Crippen molar-refractivity contribution < 1.29 is 9.59 Å². The summed E-state index contributed by atoms with van der Waals surface area (Å²) in [6, 6.07) is -0.319. The van der Waals surface area contributed by atoms with E-state index in [1.54, 1.807) is 11.9 Å². The fraction of sp³-hybridized carbons (Fsp3) is 0.600. The first-order valence-electron chi connectivity index (χ1n) is 4.74. The Balaban J connectivity index is 2.77. The van der Waals surface area contributed by atoms with Gasteiger partial charge in [0.25, 0.3) is 0 Å². The summed E-state index contributed by atoms with van der Waals surface area (Å²) in [5.74, 6) is 0.119. The van der Waals surface area contributed by atoms with Crippen LogP contribution >= 0.6 is 0 Å². The second kappa shape index (κ2) is 4.26. The number of likely N-dealkylation sites (N-methyl/N-ethyl adjacent to an activating group) is 1. The minimum atomic E-state index is -0.319. The van der Waals surface area contributed by atoms with Crippen LogP contribution in [0.15, 0.2) is 12.7 Å². The molecule has 0 radical (unpaired) electrons. The first-order valence-corrected chi connectivity index (χ1v) is 4.74. The van der Waals surface area contributed by atoms with Crippen LogP contribution in [0.5, 0.6) is 0 Å². The van der Waals surface area contributed by atoms with Crippen LogP contribution in [0.4, 0.5) is 0 Å². The summed E-state index contributed by atoms with van der Waals surface area (Å²) in [6.45, 7) is 6.10. The number of likely N-dealkylation sites (tertiary alicyclic amines) is 1. The molecule has 0 aromatic carbocycles. The molecule has 2 amide bonds. The molecule has 78 valence electrons. The van der Waals surface area contributed by atoms with Crippen molar-refractivity contribution in [1.82, 2.24) is 10.2 Å². The monoisotopic (exact) mass is 196 g/mol. The molecule has 1 fully saturated rings. The third-order valence-corrected chi connectivity index (χ3v) is 2.52. The standard InChI is InChI=1S/C10H16N2O2/c1-4-9(13)12-6-7(2)5-8(12)10(14)11-3/h4,7-8H,1,5-6H2,2-3H3,(H,11,14)/t7-,8?/m0/s1. The van der Waals surface area contributed by atoms with E-state index in [9.17, 15) is 9.59 Å². The van der Waals surface area contributed by atoms with Gasteiger partial charge in [0.2, 0.25) is 11.8 Å². The summed E-state index contributed by atoms with van der Waals surface area (Å²) in [7, 11) is 1.59. The van der Waals surface area contributed by atoms with Crippen LogP contribution in [0.1, 0.15) is 13.3 Å². The van der Waals surface area contributed by atoms with Gasteiger partial charge in [0.05, 0.1) is 0 Å². The van der Waals surface area contributed by atoms with Crippen molar-refractivity contribution in [3.63, 3.8) is 0 Å². The Morgan fingerprint density at radius 1 is 1.57 bits per heavy atom. The predicted octanol–water partition coefficient (Wildman–Crippen LogP) is 0.155. The molecule has 0 saturated carbocycles. The van der Waals surface area contributed by atoms with Crippen molar-refractivity contribution in [2.75, 3.05) is 13.6 Å². The van der Waals surface area contributed by atoms with E-state index >= 15 is 0 Å². The SMILES string of the molecule is C=CC(=O)N1C[C@@H](C)CC1C(=O)NC. The maximum atomic E-state index is 11.5. The Bertz CT molecular complexity index is 263. The van der Waals surface area contributed by atoms with Gasteiger partial charge in [-0.15, -0.1) is 0 Å². The van der Waals surface area contributed by atoms with Gasteiger partial charge in [-0.2, -0.15) is 0 Å². The summed E-state index contributed by atoms with van der Waals surface area (Å²) < 4.78 is 0. The van der Waals surface area contributed by atoms with E-state index in [1.165, 1.54) is 6.08 Å². The van der Waals surface area contributed by atoms with Crippen LogP contribution in [0.3, 0.4) is 0 Å². The van der Waals surface area contributed by atoms with Crippen LogP contribution < -0.4 is 5.32 Å². The van der Waals surface area contributed by atoms with Crippen molar-refractivity contribution in [3.8, 4) is 0 Å². The highest BCUT2D eigenvalue weighted by molar-refractivity contribution is 5.93. The smallest absolute Gasteiger partial charge is 0.246 e. The lowest BCUT2D eigenvalue weighted by Crippen LogP contribution is -2.44. The normalized spacial score (nSPS) is 26.0. The van der Waals surface area contributed by atoms with E-state index in [4.69, 9.17) is 0 Å². The number of carbonyl (C=O) groups excluding carboxylic acids is 2. The molecule has 1 unspecified atom stereocenters. The number of rotatable bonds is 2. The van der Waals surface area contributed by atoms with Gasteiger partial charge < -0.3 is 10.2 Å². The molecule has 0 aromatic rings. The molecule has 1 aliphatic heterocycles. The average Bonchev–Trinajstić information content (AvgIpc) is 2.58. The zero-order valence-corrected chi connectivity index (χ0v) is 8.62. The maximum absolute atomic E-state index is 11.5. The second-order valence-electron chi connectivity index (χ2n) is 3.67. The molecule has 0 aliphatic carbocycles. The third-order valence-electron chi connectivity index (χ3n) is 2.52. The van der Waals surface area contributed by atoms with Crippen LogP contribution in [0, 0.1) is 5.92 Å². The molecule has 0 spiro atoms. The highest BCUT2D eigenvalue weighted by atomic mass is 16.2. The van der Waals surface area contributed by atoms with Gasteiger partial charge >= 0.3 is 0 Å². The van der Waals surface area contributed by atoms with Crippen LogP contribution in [-0.4, -0.2) is 36.3 Å². The summed E-state index contributed by atoms with van der Waals surface area (Å²) in [5.41, 5.74) is 0. The number of nitrogens with one attached hydrogen (secondary N) is 1. The molecule has 14 heavy (non-hydrogen) atoms.